The Balaban J connectivity index is 1.33. The molecule has 0 radical (unpaired) electrons. The first-order chi connectivity index (χ1) is 13.7. The van der Waals surface area contributed by atoms with E-state index < -0.39 is 0 Å². The Labute approximate surface area is 165 Å². The molecule has 4 aromatic rings. The molecule has 9 heteroatoms. The van der Waals surface area contributed by atoms with E-state index in [2.05, 4.69) is 24.7 Å². The van der Waals surface area contributed by atoms with E-state index in [1.807, 2.05) is 40.2 Å². The number of hydrogen-bond donors (Lipinski definition) is 1. The maximum Gasteiger partial charge on any atom is 0.270 e. The number of amides is 1. The van der Waals surface area contributed by atoms with Crippen molar-refractivity contribution in [2.24, 2.45) is 7.05 Å². The van der Waals surface area contributed by atoms with E-state index in [0.717, 1.165) is 41.3 Å². The Morgan fingerprint density at radius 2 is 2.32 bits per heavy atom. The third-order valence-electron chi connectivity index (χ3n) is 5.43. The molecule has 0 spiro atoms. The van der Waals surface area contributed by atoms with E-state index in [-0.39, 0.29) is 11.8 Å². The van der Waals surface area contributed by atoms with Crippen molar-refractivity contribution >= 4 is 27.5 Å². The minimum atomic E-state index is 0.0638. The molecule has 1 aliphatic rings. The van der Waals surface area contributed by atoms with Crippen molar-refractivity contribution in [2.45, 2.75) is 25.3 Å². The molecule has 0 aliphatic carbocycles. The van der Waals surface area contributed by atoms with Gasteiger partial charge < -0.3 is 19.0 Å². The molecule has 1 saturated heterocycles. The van der Waals surface area contributed by atoms with Crippen LogP contribution in [0.25, 0.3) is 10.2 Å². The molecule has 1 amide bonds. The summed E-state index contributed by atoms with van der Waals surface area (Å²) in [5.74, 6) is 2.10. The standard InChI is InChI=1S/C19H21N7OS/c1-24-17(11-25-7-5-20-12-25)22-23-18(24)13-3-2-6-26(10-13)19(27)15-9-16-14(21-15)4-8-28-16/h4-5,7-9,12-13,21H,2-3,6,10-11H2,1H3/t13-/m1/s1. The van der Waals surface area contributed by atoms with Crippen LogP contribution in [-0.4, -0.2) is 53.2 Å². The number of H-pyrrole nitrogens is 1. The number of aromatic amines is 1. The van der Waals surface area contributed by atoms with Crippen LogP contribution in [-0.2, 0) is 13.6 Å². The smallest absolute Gasteiger partial charge is 0.270 e. The van der Waals surface area contributed by atoms with Crippen LogP contribution >= 0.6 is 11.3 Å². The molecule has 8 nitrogen and oxygen atoms in total. The van der Waals surface area contributed by atoms with Gasteiger partial charge in [0, 0.05) is 38.4 Å². The molecule has 0 saturated carbocycles. The molecule has 1 atom stereocenters. The van der Waals surface area contributed by atoms with Gasteiger partial charge in [-0.05, 0) is 30.4 Å². The molecule has 4 aromatic heterocycles. The predicted octanol–water partition coefficient (Wildman–Crippen LogP) is 2.62. The first kappa shape index (κ1) is 17.2. The molecule has 1 aliphatic heterocycles. The number of hydrogen-bond acceptors (Lipinski definition) is 5. The zero-order valence-corrected chi connectivity index (χ0v) is 16.4. The topological polar surface area (TPSA) is 84.6 Å². The molecule has 5 heterocycles. The highest BCUT2D eigenvalue weighted by molar-refractivity contribution is 7.17. The number of likely N-dealkylation sites (tertiary alicyclic amines) is 1. The molecule has 0 unspecified atom stereocenters. The second-order valence-corrected chi connectivity index (χ2v) is 8.19. The molecule has 0 aromatic carbocycles. The van der Waals surface area contributed by atoms with Gasteiger partial charge in [-0.15, -0.1) is 21.5 Å². The highest BCUT2D eigenvalue weighted by Crippen LogP contribution is 2.28. The zero-order chi connectivity index (χ0) is 19.1. The summed E-state index contributed by atoms with van der Waals surface area (Å²) in [6.07, 6.45) is 7.43. The number of piperidine rings is 1. The molecule has 1 N–H and O–H groups in total. The lowest BCUT2D eigenvalue weighted by Crippen LogP contribution is -2.39. The van der Waals surface area contributed by atoms with Crippen LogP contribution in [0, 0.1) is 0 Å². The molecule has 1 fully saturated rings. The van der Waals surface area contributed by atoms with Crippen LogP contribution in [0.2, 0.25) is 0 Å². The van der Waals surface area contributed by atoms with Crippen LogP contribution in [0.15, 0.2) is 36.2 Å². The van der Waals surface area contributed by atoms with Crippen LogP contribution in [0.5, 0.6) is 0 Å². The number of nitrogens with zero attached hydrogens (tertiary/aromatic N) is 6. The number of fused-ring (bicyclic) bond motifs is 1. The largest absolute Gasteiger partial charge is 0.350 e. The second kappa shape index (κ2) is 6.90. The van der Waals surface area contributed by atoms with Crippen LogP contribution in [0.3, 0.4) is 0 Å². The van der Waals surface area contributed by atoms with Crippen molar-refractivity contribution in [1.29, 1.82) is 0 Å². The Kier molecular flexibility index (Phi) is 4.23. The maximum absolute atomic E-state index is 13.0. The van der Waals surface area contributed by atoms with Gasteiger partial charge in [0.2, 0.25) is 0 Å². The van der Waals surface area contributed by atoms with E-state index in [1.165, 1.54) is 0 Å². The average molecular weight is 395 g/mol. The van der Waals surface area contributed by atoms with Gasteiger partial charge in [-0.1, -0.05) is 0 Å². The quantitative estimate of drug-likeness (QED) is 0.576. The van der Waals surface area contributed by atoms with Gasteiger partial charge >= 0.3 is 0 Å². The number of carbonyl (C=O) groups is 1. The number of carbonyl (C=O) groups excluding carboxylic acids is 1. The van der Waals surface area contributed by atoms with Gasteiger partial charge in [-0.25, -0.2) is 4.98 Å². The lowest BCUT2D eigenvalue weighted by molar-refractivity contribution is 0.0698. The summed E-state index contributed by atoms with van der Waals surface area (Å²) in [6.45, 7) is 2.09. The fourth-order valence-corrected chi connectivity index (χ4v) is 4.70. The summed E-state index contributed by atoms with van der Waals surface area (Å²) in [4.78, 5) is 22.2. The third-order valence-corrected chi connectivity index (χ3v) is 6.29. The monoisotopic (exact) mass is 395 g/mol. The van der Waals surface area contributed by atoms with E-state index in [1.54, 1.807) is 23.9 Å². The molecular weight excluding hydrogens is 374 g/mol. The second-order valence-electron chi connectivity index (χ2n) is 7.24. The summed E-state index contributed by atoms with van der Waals surface area (Å²) in [5.41, 5.74) is 1.70. The SMILES string of the molecule is Cn1c(Cn2ccnc2)nnc1[C@@H]1CCCN(C(=O)c2cc3sccc3[nH]2)C1. The summed E-state index contributed by atoms with van der Waals surface area (Å²) in [7, 11) is 2.00. The highest BCUT2D eigenvalue weighted by atomic mass is 32.1. The maximum atomic E-state index is 13.0. The molecule has 0 bridgehead atoms. The fourth-order valence-electron chi connectivity index (χ4n) is 3.92. The zero-order valence-electron chi connectivity index (χ0n) is 15.6. The van der Waals surface area contributed by atoms with Crippen LogP contribution < -0.4 is 0 Å². The summed E-state index contributed by atoms with van der Waals surface area (Å²) in [6, 6.07) is 3.97. The van der Waals surface area contributed by atoms with Crippen molar-refractivity contribution in [3.8, 4) is 0 Å². The molecular formula is C19H21N7OS. The Hall–Kier alpha value is -2.94. The van der Waals surface area contributed by atoms with Crippen molar-refractivity contribution in [2.75, 3.05) is 13.1 Å². The van der Waals surface area contributed by atoms with Crippen molar-refractivity contribution in [1.82, 2.24) is 34.2 Å². The van der Waals surface area contributed by atoms with Crippen molar-refractivity contribution in [3.05, 3.63) is 53.6 Å². The molecule has 144 valence electrons. The fraction of sp³-hybridized carbons (Fsp3) is 0.368. The van der Waals surface area contributed by atoms with E-state index >= 15 is 0 Å². The normalized spacial score (nSPS) is 17.5. The van der Waals surface area contributed by atoms with E-state index in [9.17, 15) is 4.79 Å². The minimum Gasteiger partial charge on any atom is -0.350 e. The highest BCUT2D eigenvalue weighted by Gasteiger charge is 2.29. The number of thiophene rings is 1. The van der Waals surface area contributed by atoms with Crippen LogP contribution in [0.1, 0.15) is 40.9 Å². The number of nitrogens with one attached hydrogen (secondary N) is 1. The average Bonchev–Trinajstić information content (AvgIpc) is 3.47. The molecule has 5 rings (SSSR count). The summed E-state index contributed by atoms with van der Waals surface area (Å²) < 4.78 is 5.15. The number of aromatic nitrogens is 6. The Bertz CT molecular complexity index is 1080. The third kappa shape index (κ3) is 3.01. The van der Waals surface area contributed by atoms with Crippen molar-refractivity contribution < 1.29 is 4.79 Å². The van der Waals surface area contributed by atoms with Gasteiger partial charge in [-0.2, -0.15) is 0 Å². The first-order valence-electron chi connectivity index (χ1n) is 9.38. The Morgan fingerprint density at radius 1 is 1.39 bits per heavy atom. The minimum absolute atomic E-state index is 0.0638. The number of rotatable bonds is 4. The van der Waals surface area contributed by atoms with Gasteiger partial charge in [0.25, 0.3) is 5.91 Å². The van der Waals surface area contributed by atoms with E-state index in [4.69, 9.17) is 0 Å². The lowest BCUT2D eigenvalue weighted by Gasteiger charge is -2.32. The van der Waals surface area contributed by atoms with E-state index in [0.29, 0.717) is 18.8 Å². The van der Waals surface area contributed by atoms with Gasteiger partial charge in [0.1, 0.15) is 11.5 Å². The lowest BCUT2D eigenvalue weighted by atomic mass is 9.97. The molecule has 28 heavy (non-hydrogen) atoms. The first-order valence-corrected chi connectivity index (χ1v) is 10.3. The van der Waals surface area contributed by atoms with Gasteiger partial charge in [-0.3, -0.25) is 4.79 Å². The van der Waals surface area contributed by atoms with Gasteiger partial charge in [0.15, 0.2) is 5.82 Å². The van der Waals surface area contributed by atoms with Crippen molar-refractivity contribution in [3.63, 3.8) is 0 Å². The number of imidazole rings is 1. The predicted molar refractivity (Wildman–Crippen MR) is 106 cm³/mol. The summed E-state index contributed by atoms with van der Waals surface area (Å²) >= 11 is 1.65. The van der Waals surface area contributed by atoms with Crippen LogP contribution in [0.4, 0.5) is 0 Å². The van der Waals surface area contributed by atoms with Gasteiger partial charge in [0.05, 0.1) is 23.1 Å². The Morgan fingerprint density at radius 3 is 3.14 bits per heavy atom. The summed E-state index contributed by atoms with van der Waals surface area (Å²) in [5, 5.41) is 10.8.